The molecule has 6 heteroatoms. The molecule has 0 unspecified atom stereocenters. The monoisotopic (exact) mass is 379 g/mol. The number of hydrogen-bond donors (Lipinski definition) is 0. The highest BCUT2D eigenvalue weighted by Gasteiger charge is 2.21. The van der Waals surface area contributed by atoms with Crippen molar-refractivity contribution in [3.05, 3.63) is 51.2 Å². The molecule has 3 nitrogen and oxygen atoms in total. The van der Waals surface area contributed by atoms with Gasteiger partial charge in [-0.2, -0.15) is 5.26 Å². The highest BCUT2D eigenvalue weighted by Crippen LogP contribution is 2.36. The zero-order valence-electron chi connectivity index (χ0n) is 11.0. The Kier molecular flexibility index (Phi) is 4.29. The lowest BCUT2D eigenvalue weighted by Crippen LogP contribution is -2.28. The Balaban J connectivity index is 1.86. The normalized spacial score (nSPS) is 13.6. The summed E-state index contributed by atoms with van der Waals surface area (Å²) >= 11 is 11.5. The smallest absolute Gasteiger partial charge is 0.199 e. The van der Waals surface area contributed by atoms with E-state index in [9.17, 15) is 5.26 Å². The van der Waals surface area contributed by atoms with Crippen LogP contribution in [0, 0.1) is 11.3 Å². The molecular weight excluding hydrogens is 370 g/mol. The minimum Gasteiger partial charge on any atom is -0.337 e. The molecule has 0 N–H and O–H groups in total. The summed E-state index contributed by atoms with van der Waals surface area (Å²) in [6.45, 7) is 1.32. The van der Waals surface area contributed by atoms with Crippen LogP contribution in [-0.2, 0) is 18.4 Å². The zero-order valence-corrected chi connectivity index (χ0v) is 14.2. The molecule has 2 aromatic rings. The largest absolute Gasteiger partial charge is 0.337 e. The summed E-state index contributed by atoms with van der Waals surface area (Å²) in [4.78, 5) is 8.91. The average Bonchev–Trinajstić information content (AvgIpc) is 2.90. The van der Waals surface area contributed by atoms with Gasteiger partial charge >= 0.3 is 0 Å². The van der Waals surface area contributed by atoms with Gasteiger partial charge in [-0.15, -0.1) is 11.3 Å². The number of hydrogen-bond acceptors (Lipinski definition) is 4. The standard InChI is InChI=1S/C15H11BrClN3S/c16-6-12-5-13-14(21-12)9-20(15(17)19-13)8-11-4-2-1-3-10(11)7-18/h1-5H,6,8-9H2. The van der Waals surface area contributed by atoms with E-state index in [0.29, 0.717) is 17.4 Å². The Hall–Kier alpha value is -1.35. The molecule has 1 aliphatic rings. The van der Waals surface area contributed by atoms with E-state index in [1.54, 1.807) is 11.3 Å². The molecule has 0 bridgehead atoms. The third kappa shape index (κ3) is 2.98. The Morgan fingerprint density at radius 3 is 3.00 bits per heavy atom. The van der Waals surface area contributed by atoms with Crippen molar-refractivity contribution in [2.24, 2.45) is 4.99 Å². The maximum Gasteiger partial charge on any atom is 0.199 e. The molecule has 106 valence electrons. The first kappa shape index (κ1) is 14.6. The van der Waals surface area contributed by atoms with Crippen LogP contribution in [0.4, 0.5) is 5.69 Å². The lowest BCUT2D eigenvalue weighted by atomic mass is 10.1. The van der Waals surface area contributed by atoms with E-state index >= 15 is 0 Å². The molecule has 1 aromatic heterocycles. The maximum atomic E-state index is 9.17. The van der Waals surface area contributed by atoms with E-state index in [4.69, 9.17) is 11.6 Å². The molecule has 0 fully saturated rings. The Morgan fingerprint density at radius 1 is 1.43 bits per heavy atom. The predicted molar refractivity (Wildman–Crippen MR) is 90.3 cm³/mol. The third-order valence-corrected chi connectivity index (χ3v) is 5.68. The van der Waals surface area contributed by atoms with E-state index in [1.165, 1.54) is 9.75 Å². The minimum atomic E-state index is 0.481. The first-order valence-corrected chi connectivity index (χ1v) is 8.67. The van der Waals surface area contributed by atoms with Crippen LogP contribution in [0.15, 0.2) is 35.3 Å². The van der Waals surface area contributed by atoms with Gasteiger partial charge in [0.25, 0.3) is 0 Å². The summed E-state index contributed by atoms with van der Waals surface area (Å²) < 4.78 is 0. The number of aliphatic imine (C=N–C) groups is 1. The maximum absolute atomic E-state index is 9.17. The topological polar surface area (TPSA) is 39.4 Å². The van der Waals surface area contributed by atoms with E-state index in [0.717, 1.165) is 23.1 Å². The van der Waals surface area contributed by atoms with E-state index in [2.05, 4.69) is 33.1 Å². The first-order valence-electron chi connectivity index (χ1n) is 6.36. The molecule has 21 heavy (non-hydrogen) atoms. The lowest BCUT2D eigenvalue weighted by Gasteiger charge is -2.26. The average molecular weight is 381 g/mol. The van der Waals surface area contributed by atoms with Gasteiger partial charge in [0.05, 0.1) is 28.7 Å². The van der Waals surface area contributed by atoms with Crippen LogP contribution < -0.4 is 0 Å². The molecule has 1 aromatic carbocycles. The SMILES string of the molecule is N#Cc1ccccc1CN1Cc2sc(CBr)cc2N=C1Cl. The van der Waals surface area contributed by atoms with Crippen molar-refractivity contribution >= 4 is 49.8 Å². The highest BCUT2D eigenvalue weighted by atomic mass is 79.9. The van der Waals surface area contributed by atoms with Crippen LogP contribution in [0.2, 0.25) is 0 Å². The quantitative estimate of drug-likeness (QED) is 0.569. The summed E-state index contributed by atoms with van der Waals surface area (Å²) in [5.74, 6) is 0. The fourth-order valence-corrected chi connectivity index (χ4v) is 3.94. The van der Waals surface area contributed by atoms with Crippen LogP contribution in [0.1, 0.15) is 20.9 Å². The van der Waals surface area contributed by atoms with Gasteiger partial charge < -0.3 is 4.90 Å². The second-order valence-corrected chi connectivity index (χ2v) is 6.78. The van der Waals surface area contributed by atoms with E-state index in [-0.39, 0.29) is 0 Å². The summed E-state index contributed by atoms with van der Waals surface area (Å²) in [6, 6.07) is 11.9. The summed E-state index contributed by atoms with van der Waals surface area (Å²) in [7, 11) is 0. The number of benzene rings is 1. The number of fused-ring (bicyclic) bond motifs is 1. The number of nitrogens with zero attached hydrogens (tertiary/aromatic N) is 3. The molecule has 0 saturated carbocycles. The van der Waals surface area contributed by atoms with Gasteiger partial charge in [0, 0.05) is 16.8 Å². The number of amidine groups is 1. The van der Waals surface area contributed by atoms with Crippen LogP contribution in [-0.4, -0.2) is 10.2 Å². The minimum absolute atomic E-state index is 0.481. The van der Waals surface area contributed by atoms with Crippen LogP contribution >= 0.6 is 38.9 Å². The van der Waals surface area contributed by atoms with Crippen molar-refractivity contribution in [2.75, 3.05) is 0 Å². The Bertz CT molecular complexity index is 748. The van der Waals surface area contributed by atoms with Crippen molar-refractivity contribution < 1.29 is 0 Å². The van der Waals surface area contributed by atoms with Crippen LogP contribution in [0.3, 0.4) is 0 Å². The zero-order chi connectivity index (χ0) is 14.8. The van der Waals surface area contributed by atoms with Gasteiger partial charge in [0.1, 0.15) is 0 Å². The molecule has 0 radical (unpaired) electrons. The predicted octanol–water partition coefficient (Wildman–Crippen LogP) is 4.76. The molecule has 0 aliphatic carbocycles. The lowest BCUT2D eigenvalue weighted by molar-refractivity contribution is 0.412. The van der Waals surface area contributed by atoms with Crippen molar-refractivity contribution in [1.29, 1.82) is 5.26 Å². The van der Waals surface area contributed by atoms with Gasteiger partial charge in [0.2, 0.25) is 0 Å². The highest BCUT2D eigenvalue weighted by molar-refractivity contribution is 9.08. The molecule has 0 atom stereocenters. The second-order valence-electron chi connectivity index (χ2n) is 4.66. The van der Waals surface area contributed by atoms with Crippen molar-refractivity contribution in [1.82, 2.24) is 4.90 Å². The van der Waals surface area contributed by atoms with Crippen LogP contribution in [0.5, 0.6) is 0 Å². The fourth-order valence-electron chi connectivity index (χ4n) is 2.25. The van der Waals surface area contributed by atoms with Gasteiger partial charge in [0.15, 0.2) is 5.29 Å². The molecule has 0 amide bonds. The second kappa shape index (κ2) is 6.18. The van der Waals surface area contributed by atoms with Gasteiger partial charge in [-0.25, -0.2) is 4.99 Å². The van der Waals surface area contributed by atoms with Gasteiger partial charge in [-0.05, 0) is 29.3 Å². The summed E-state index contributed by atoms with van der Waals surface area (Å²) in [5, 5.41) is 10.5. The van der Waals surface area contributed by atoms with Crippen LogP contribution in [0.25, 0.3) is 0 Å². The number of rotatable bonds is 3. The molecule has 3 rings (SSSR count). The number of alkyl halides is 1. The van der Waals surface area contributed by atoms with Crippen molar-refractivity contribution in [3.8, 4) is 6.07 Å². The number of halogens is 2. The number of nitriles is 1. The molecular formula is C15H11BrClN3S. The molecule has 0 saturated heterocycles. The van der Waals surface area contributed by atoms with Gasteiger partial charge in [-0.3, -0.25) is 0 Å². The first-order chi connectivity index (χ1) is 10.2. The van der Waals surface area contributed by atoms with Crippen molar-refractivity contribution in [3.63, 3.8) is 0 Å². The van der Waals surface area contributed by atoms with E-state index < -0.39 is 0 Å². The number of thiophene rings is 1. The Morgan fingerprint density at radius 2 is 2.24 bits per heavy atom. The summed E-state index contributed by atoms with van der Waals surface area (Å²) in [5.41, 5.74) is 2.61. The molecule has 1 aliphatic heterocycles. The van der Waals surface area contributed by atoms with E-state index in [1.807, 2.05) is 29.2 Å². The Labute approximate surface area is 140 Å². The molecule has 0 spiro atoms. The third-order valence-electron chi connectivity index (χ3n) is 3.28. The fraction of sp³-hybridized carbons (Fsp3) is 0.200. The van der Waals surface area contributed by atoms with Gasteiger partial charge in [-0.1, -0.05) is 34.1 Å². The summed E-state index contributed by atoms with van der Waals surface area (Å²) in [6.07, 6.45) is 0. The molecule has 2 heterocycles. The van der Waals surface area contributed by atoms with Crippen molar-refractivity contribution in [2.45, 2.75) is 18.4 Å².